The van der Waals surface area contributed by atoms with Crippen LogP contribution in [0.1, 0.15) is 65.2 Å². The molecule has 0 unspecified atom stereocenters. The number of benzene rings is 2. The number of halogens is 1. The van der Waals surface area contributed by atoms with E-state index in [2.05, 4.69) is 10.2 Å². The molecular weight excluding hydrogens is 482 g/mol. The van der Waals surface area contributed by atoms with Crippen molar-refractivity contribution in [2.45, 2.75) is 71.0 Å². The topological polar surface area (TPSA) is 88.2 Å². The number of phenols is 1. The van der Waals surface area contributed by atoms with Crippen LogP contribution in [0, 0.1) is 0 Å². The summed E-state index contributed by atoms with van der Waals surface area (Å²) in [5.74, 6) is -0.160. The molecule has 0 spiro atoms. The lowest BCUT2D eigenvalue weighted by Crippen LogP contribution is -2.17. The molecule has 0 fully saturated rings. The Labute approximate surface area is 216 Å². The summed E-state index contributed by atoms with van der Waals surface area (Å²) in [5, 5.41) is 30.7. The number of aromatic nitrogens is 3. The third-order valence-corrected chi connectivity index (χ3v) is 6.84. The van der Waals surface area contributed by atoms with E-state index < -0.39 is 5.97 Å². The standard InChI is InChI=1S/C27H32ClN3O3S/c1-8-31-23(17-9-11-18(28)12-10-17)29-30-25(31)35-21(24(33)34)15-16-13-19(26(2,3)4)22(32)20(14-16)27(5,6)7/h9-15,32H,8H2,1-7H3,(H,33,34)/b21-15-. The first-order chi connectivity index (χ1) is 16.2. The highest BCUT2D eigenvalue weighted by Gasteiger charge is 2.27. The fraction of sp³-hybridized carbons (Fsp3) is 0.370. The molecule has 2 aromatic carbocycles. The van der Waals surface area contributed by atoms with Crippen LogP contribution in [0.25, 0.3) is 17.5 Å². The number of carbonyl (C=O) groups is 1. The second kappa shape index (κ2) is 10.1. The maximum absolute atomic E-state index is 12.2. The van der Waals surface area contributed by atoms with Crippen LogP contribution in [-0.4, -0.2) is 30.9 Å². The van der Waals surface area contributed by atoms with E-state index in [0.29, 0.717) is 28.1 Å². The van der Waals surface area contributed by atoms with Crippen molar-refractivity contribution in [3.8, 4) is 17.1 Å². The van der Waals surface area contributed by atoms with E-state index in [0.717, 1.165) is 28.5 Å². The van der Waals surface area contributed by atoms with Gasteiger partial charge in [-0.1, -0.05) is 53.1 Å². The Hall–Kier alpha value is -2.77. The number of carboxylic acid groups (broad SMARTS) is 1. The van der Waals surface area contributed by atoms with Crippen molar-refractivity contribution in [1.29, 1.82) is 0 Å². The van der Waals surface area contributed by atoms with E-state index in [4.69, 9.17) is 11.6 Å². The first kappa shape index (κ1) is 26.8. The van der Waals surface area contributed by atoms with Crippen LogP contribution >= 0.6 is 23.4 Å². The molecule has 0 aliphatic carbocycles. The van der Waals surface area contributed by atoms with Gasteiger partial charge < -0.3 is 14.8 Å². The lowest BCUT2D eigenvalue weighted by atomic mass is 9.78. The molecule has 0 saturated heterocycles. The number of nitrogens with zero attached hydrogens (tertiary/aromatic N) is 3. The molecule has 1 aromatic heterocycles. The lowest BCUT2D eigenvalue weighted by Gasteiger charge is -2.28. The van der Waals surface area contributed by atoms with E-state index in [9.17, 15) is 15.0 Å². The van der Waals surface area contributed by atoms with Crippen LogP contribution in [-0.2, 0) is 22.2 Å². The van der Waals surface area contributed by atoms with Crippen LogP contribution in [0.3, 0.4) is 0 Å². The van der Waals surface area contributed by atoms with Crippen molar-refractivity contribution in [1.82, 2.24) is 14.8 Å². The van der Waals surface area contributed by atoms with Crippen LogP contribution in [0.15, 0.2) is 46.5 Å². The minimum atomic E-state index is -1.06. The van der Waals surface area contributed by atoms with Gasteiger partial charge in [0, 0.05) is 28.3 Å². The molecule has 0 atom stereocenters. The monoisotopic (exact) mass is 513 g/mol. The quantitative estimate of drug-likeness (QED) is 0.269. The maximum atomic E-state index is 12.2. The van der Waals surface area contributed by atoms with Crippen molar-refractivity contribution in [2.75, 3.05) is 0 Å². The summed E-state index contributed by atoms with van der Waals surface area (Å²) in [5.41, 5.74) is 2.46. The van der Waals surface area contributed by atoms with Gasteiger partial charge in [0.25, 0.3) is 0 Å². The SMILES string of the molecule is CCn1c(S/C(=C\c2cc(C(C)(C)C)c(O)c(C(C)(C)C)c2)C(=O)O)nnc1-c1ccc(Cl)cc1. The average Bonchev–Trinajstić information content (AvgIpc) is 3.15. The number of hydrogen-bond donors (Lipinski definition) is 2. The van der Waals surface area contributed by atoms with Crippen molar-refractivity contribution >= 4 is 35.4 Å². The molecule has 3 aromatic rings. The van der Waals surface area contributed by atoms with E-state index in [1.54, 1.807) is 18.2 Å². The van der Waals surface area contributed by atoms with Gasteiger partial charge in [-0.15, -0.1) is 10.2 Å². The molecule has 0 saturated carbocycles. The zero-order chi connectivity index (χ0) is 26.1. The maximum Gasteiger partial charge on any atom is 0.342 e. The highest BCUT2D eigenvalue weighted by Crippen LogP contribution is 2.41. The molecule has 8 heteroatoms. The minimum absolute atomic E-state index is 0.111. The van der Waals surface area contributed by atoms with Crippen molar-refractivity contribution in [2.24, 2.45) is 0 Å². The summed E-state index contributed by atoms with van der Waals surface area (Å²) in [6.45, 7) is 14.7. The molecule has 6 nitrogen and oxygen atoms in total. The highest BCUT2D eigenvalue weighted by atomic mass is 35.5. The molecule has 3 rings (SSSR count). The Morgan fingerprint density at radius 3 is 2.03 bits per heavy atom. The van der Waals surface area contributed by atoms with Gasteiger partial charge in [-0.05, 0) is 77.6 Å². The second-order valence-corrected chi connectivity index (χ2v) is 11.9. The Morgan fingerprint density at radius 1 is 1.03 bits per heavy atom. The van der Waals surface area contributed by atoms with Gasteiger partial charge in [-0.2, -0.15) is 0 Å². The molecule has 0 amide bonds. The second-order valence-electron chi connectivity index (χ2n) is 10.4. The Balaban J connectivity index is 2.09. The average molecular weight is 514 g/mol. The third-order valence-electron chi connectivity index (χ3n) is 5.59. The summed E-state index contributed by atoms with van der Waals surface area (Å²) >= 11 is 7.07. The summed E-state index contributed by atoms with van der Waals surface area (Å²) in [4.78, 5) is 12.4. The zero-order valence-electron chi connectivity index (χ0n) is 21.2. The zero-order valence-corrected chi connectivity index (χ0v) is 22.8. The van der Waals surface area contributed by atoms with Gasteiger partial charge in [0.15, 0.2) is 11.0 Å². The van der Waals surface area contributed by atoms with Gasteiger partial charge in [0.05, 0.1) is 0 Å². The van der Waals surface area contributed by atoms with Crippen molar-refractivity contribution in [3.63, 3.8) is 0 Å². The highest BCUT2D eigenvalue weighted by molar-refractivity contribution is 8.04. The van der Waals surface area contributed by atoms with Gasteiger partial charge in [-0.25, -0.2) is 4.79 Å². The molecule has 186 valence electrons. The lowest BCUT2D eigenvalue weighted by molar-refractivity contribution is -0.131. The smallest absolute Gasteiger partial charge is 0.342 e. The van der Waals surface area contributed by atoms with Crippen molar-refractivity contribution < 1.29 is 15.0 Å². The summed E-state index contributed by atoms with van der Waals surface area (Å²) in [7, 11) is 0. The van der Waals surface area contributed by atoms with E-state index in [1.165, 1.54) is 0 Å². The number of thioether (sulfide) groups is 1. The number of aromatic hydroxyl groups is 1. The van der Waals surface area contributed by atoms with E-state index >= 15 is 0 Å². The number of carboxylic acids is 1. The number of hydrogen-bond acceptors (Lipinski definition) is 5. The Bertz CT molecular complexity index is 1230. The van der Waals surface area contributed by atoms with Crippen LogP contribution < -0.4 is 0 Å². The molecule has 0 aliphatic heterocycles. The van der Waals surface area contributed by atoms with Crippen LogP contribution in [0.2, 0.25) is 5.02 Å². The first-order valence-electron chi connectivity index (χ1n) is 11.4. The van der Waals surface area contributed by atoms with E-state index in [1.807, 2.05) is 77.3 Å². The molecule has 0 bridgehead atoms. The van der Waals surface area contributed by atoms with Crippen LogP contribution in [0.5, 0.6) is 5.75 Å². The minimum Gasteiger partial charge on any atom is -0.507 e. The van der Waals surface area contributed by atoms with Crippen LogP contribution in [0.4, 0.5) is 0 Å². The third kappa shape index (κ3) is 6.08. The van der Waals surface area contributed by atoms with Gasteiger partial charge >= 0.3 is 5.97 Å². The predicted octanol–water partition coefficient (Wildman–Crippen LogP) is 7.14. The molecule has 35 heavy (non-hydrogen) atoms. The fourth-order valence-electron chi connectivity index (χ4n) is 3.73. The van der Waals surface area contributed by atoms with E-state index in [-0.39, 0.29) is 21.5 Å². The van der Waals surface area contributed by atoms with Gasteiger partial charge in [0.2, 0.25) is 0 Å². The predicted molar refractivity (Wildman–Crippen MR) is 143 cm³/mol. The first-order valence-corrected chi connectivity index (χ1v) is 12.6. The fourth-order valence-corrected chi connectivity index (χ4v) is 4.74. The Kier molecular flexibility index (Phi) is 7.72. The molecular formula is C27H32ClN3O3S. The Morgan fingerprint density at radius 2 is 1.57 bits per heavy atom. The number of rotatable bonds is 6. The molecule has 0 aliphatic rings. The van der Waals surface area contributed by atoms with Gasteiger partial charge in [-0.3, -0.25) is 0 Å². The van der Waals surface area contributed by atoms with Crippen molar-refractivity contribution in [3.05, 3.63) is 63.0 Å². The summed E-state index contributed by atoms with van der Waals surface area (Å²) in [6.07, 6.45) is 1.63. The molecule has 0 radical (unpaired) electrons. The number of aliphatic carboxylic acids is 1. The summed E-state index contributed by atoms with van der Waals surface area (Å²) < 4.78 is 1.88. The summed E-state index contributed by atoms with van der Waals surface area (Å²) in [6, 6.07) is 11.0. The normalized spacial score (nSPS) is 12.7. The molecule has 2 N–H and O–H groups in total. The largest absolute Gasteiger partial charge is 0.507 e. The number of phenolic OH excluding ortho intramolecular Hbond substituents is 1. The van der Waals surface area contributed by atoms with Gasteiger partial charge in [0.1, 0.15) is 10.7 Å². The molecule has 1 heterocycles.